The van der Waals surface area contributed by atoms with Crippen molar-refractivity contribution in [3.8, 4) is 0 Å². The van der Waals surface area contributed by atoms with Gasteiger partial charge in [0.05, 0.1) is 5.56 Å². The fraction of sp³-hybridized carbons (Fsp3) is 0.143. The van der Waals surface area contributed by atoms with E-state index in [2.05, 4.69) is 10.9 Å². The molecule has 0 saturated carbocycles. The molecule has 0 atom stereocenters. The van der Waals surface area contributed by atoms with Crippen LogP contribution in [-0.4, -0.2) is 0 Å². The molecule has 0 fully saturated rings. The number of hydrazine groups is 1. The summed E-state index contributed by atoms with van der Waals surface area (Å²) in [4.78, 5) is 0. The van der Waals surface area contributed by atoms with Crippen LogP contribution in [0, 0.1) is 5.82 Å². The van der Waals surface area contributed by atoms with Crippen LogP contribution in [0.25, 0.3) is 0 Å². The van der Waals surface area contributed by atoms with E-state index in [1.807, 2.05) is 6.07 Å². The third-order valence-electron chi connectivity index (χ3n) is 2.66. The Morgan fingerprint density at radius 1 is 0.950 bits per heavy atom. The van der Waals surface area contributed by atoms with Gasteiger partial charge in [0.25, 0.3) is 0 Å². The number of rotatable bonds is 4. The predicted octanol–water partition coefficient (Wildman–Crippen LogP) is 3.96. The Labute approximate surface area is 113 Å². The molecule has 0 heterocycles. The molecule has 0 unspecified atom stereocenters. The Bertz CT molecular complexity index is 567. The summed E-state index contributed by atoms with van der Waals surface area (Å²) in [5.74, 6) is -0.680. The number of anilines is 1. The van der Waals surface area contributed by atoms with Crippen LogP contribution < -0.4 is 10.9 Å². The highest BCUT2D eigenvalue weighted by Crippen LogP contribution is 2.30. The van der Waals surface area contributed by atoms with Gasteiger partial charge in [-0.2, -0.15) is 13.2 Å². The van der Waals surface area contributed by atoms with Gasteiger partial charge in [-0.3, -0.25) is 0 Å². The molecule has 20 heavy (non-hydrogen) atoms. The van der Waals surface area contributed by atoms with Gasteiger partial charge >= 0.3 is 6.18 Å². The standard InChI is InChI=1S/C14H12F4N2/c15-13-7-6-11(14(16,17)18)8-10(13)9-19-20-12-4-2-1-3-5-12/h1-8,19-20H,9H2. The van der Waals surface area contributed by atoms with Crippen molar-refractivity contribution in [3.63, 3.8) is 0 Å². The van der Waals surface area contributed by atoms with Gasteiger partial charge in [0.2, 0.25) is 0 Å². The van der Waals surface area contributed by atoms with Crippen molar-refractivity contribution in [2.24, 2.45) is 0 Å². The molecule has 0 aliphatic heterocycles. The maximum Gasteiger partial charge on any atom is 0.416 e. The molecule has 2 nitrogen and oxygen atoms in total. The van der Waals surface area contributed by atoms with Gasteiger partial charge in [0.1, 0.15) is 5.82 Å². The van der Waals surface area contributed by atoms with Gasteiger partial charge in [-0.1, -0.05) is 18.2 Å². The molecule has 0 aliphatic rings. The molecule has 2 aromatic rings. The van der Waals surface area contributed by atoms with Gasteiger partial charge in [0, 0.05) is 17.8 Å². The minimum atomic E-state index is -4.48. The number of hydrogen-bond acceptors (Lipinski definition) is 2. The summed E-state index contributed by atoms with van der Waals surface area (Å²) in [6, 6.07) is 11.3. The van der Waals surface area contributed by atoms with E-state index >= 15 is 0 Å². The van der Waals surface area contributed by atoms with E-state index in [1.54, 1.807) is 24.3 Å². The lowest BCUT2D eigenvalue weighted by atomic mass is 10.1. The average Bonchev–Trinajstić information content (AvgIpc) is 2.41. The quantitative estimate of drug-likeness (QED) is 0.656. The van der Waals surface area contributed by atoms with Crippen LogP contribution in [0.4, 0.5) is 23.2 Å². The summed E-state index contributed by atoms with van der Waals surface area (Å²) in [5.41, 5.74) is 5.28. The molecule has 6 heteroatoms. The molecule has 2 N–H and O–H groups in total. The minimum absolute atomic E-state index is 0.0525. The zero-order chi connectivity index (χ0) is 14.6. The van der Waals surface area contributed by atoms with Gasteiger partial charge in [0.15, 0.2) is 0 Å². The molecule has 0 bridgehead atoms. The topological polar surface area (TPSA) is 24.1 Å². The second kappa shape index (κ2) is 5.92. The summed E-state index contributed by atoms with van der Waals surface area (Å²) in [6.07, 6.45) is -4.48. The van der Waals surface area contributed by atoms with Crippen LogP contribution in [0.2, 0.25) is 0 Å². The first-order valence-corrected chi connectivity index (χ1v) is 5.86. The number of hydrogen-bond donors (Lipinski definition) is 2. The lowest BCUT2D eigenvalue weighted by Gasteiger charge is -2.12. The van der Waals surface area contributed by atoms with Crippen molar-refractivity contribution < 1.29 is 17.6 Å². The highest BCUT2D eigenvalue weighted by Gasteiger charge is 2.30. The summed E-state index contributed by atoms with van der Waals surface area (Å²) in [7, 11) is 0. The lowest BCUT2D eigenvalue weighted by molar-refractivity contribution is -0.137. The van der Waals surface area contributed by atoms with Gasteiger partial charge in [-0.25, -0.2) is 9.82 Å². The van der Waals surface area contributed by atoms with E-state index < -0.39 is 17.6 Å². The molecule has 0 aromatic heterocycles. The van der Waals surface area contributed by atoms with E-state index in [9.17, 15) is 17.6 Å². The van der Waals surface area contributed by atoms with Crippen LogP contribution in [0.3, 0.4) is 0 Å². The SMILES string of the molecule is Fc1ccc(C(F)(F)F)cc1CNNc1ccccc1. The third kappa shape index (κ3) is 3.71. The first-order valence-electron chi connectivity index (χ1n) is 5.86. The molecule has 2 rings (SSSR count). The molecular formula is C14H12F4N2. The zero-order valence-corrected chi connectivity index (χ0v) is 10.3. The van der Waals surface area contributed by atoms with E-state index in [0.29, 0.717) is 0 Å². The van der Waals surface area contributed by atoms with Crippen molar-refractivity contribution in [1.82, 2.24) is 5.43 Å². The number of alkyl halides is 3. The molecule has 0 amide bonds. The van der Waals surface area contributed by atoms with E-state index in [-0.39, 0.29) is 12.1 Å². The van der Waals surface area contributed by atoms with Crippen LogP contribution in [0.15, 0.2) is 48.5 Å². The Morgan fingerprint density at radius 3 is 2.30 bits per heavy atom. The lowest BCUT2D eigenvalue weighted by Crippen LogP contribution is -2.21. The Kier molecular flexibility index (Phi) is 4.24. The van der Waals surface area contributed by atoms with Crippen LogP contribution >= 0.6 is 0 Å². The van der Waals surface area contributed by atoms with Crippen molar-refractivity contribution in [3.05, 3.63) is 65.5 Å². The predicted molar refractivity (Wildman–Crippen MR) is 68.3 cm³/mol. The minimum Gasteiger partial charge on any atom is -0.321 e. The smallest absolute Gasteiger partial charge is 0.321 e. The fourth-order valence-corrected chi connectivity index (χ4v) is 1.65. The van der Waals surface area contributed by atoms with Crippen LogP contribution in [0.1, 0.15) is 11.1 Å². The van der Waals surface area contributed by atoms with Crippen molar-refractivity contribution in [2.75, 3.05) is 5.43 Å². The second-order valence-corrected chi connectivity index (χ2v) is 4.15. The van der Waals surface area contributed by atoms with E-state index in [1.165, 1.54) is 0 Å². The monoisotopic (exact) mass is 284 g/mol. The molecule has 0 aliphatic carbocycles. The summed E-state index contributed by atoms with van der Waals surface area (Å²) < 4.78 is 51.0. The number of benzene rings is 2. The zero-order valence-electron chi connectivity index (χ0n) is 10.3. The van der Waals surface area contributed by atoms with Gasteiger partial charge in [-0.05, 0) is 30.3 Å². The maximum absolute atomic E-state index is 13.4. The Hall–Kier alpha value is -2.08. The summed E-state index contributed by atoms with van der Waals surface area (Å²) in [5, 5.41) is 0. The molecule has 0 saturated heterocycles. The number of nitrogens with one attached hydrogen (secondary N) is 2. The number of halogens is 4. The summed E-state index contributed by atoms with van der Waals surface area (Å²) >= 11 is 0. The third-order valence-corrected chi connectivity index (χ3v) is 2.66. The maximum atomic E-state index is 13.4. The normalized spacial score (nSPS) is 11.4. The molecule has 2 aromatic carbocycles. The molecule has 0 spiro atoms. The van der Waals surface area contributed by atoms with Crippen LogP contribution in [-0.2, 0) is 12.7 Å². The molecular weight excluding hydrogens is 272 g/mol. The van der Waals surface area contributed by atoms with Crippen molar-refractivity contribution in [1.29, 1.82) is 0 Å². The largest absolute Gasteiger partial charge is 0.416 e. The van der Waals surface area contributed by atoms with Crippen LogP contribution in [0.5, 0.6) is 0 Å². The first-order chi connectivity index (χ1) is 9.47. The number of para-hydroxylation sites is 1. The average molecular weight is 284 g/mol. The van der Waals surface area contributed by atoms with E-state index in [0.717, 1.165) is 23.9 Å². The molecule has 0 radical (unpaired) electrons. The second-order valence-electron chi connectivity index (χ2n) is 4.15. The van der Waals surface area contributed by atoms with Gasteiger partial charge in [-0.15, -0.1) is 0 Å². The fourth-order valence-electron chi connectivity index (χ4n) is 1.65. The first kappa shape index (κ1) is 14.3. The summed E-state index contributed by atoms with van der Waals surface area (Å²) in [6.45, 7) is -0.0648. The Morgan fingerprint density at radius 2 is 1.65 bits per heavy atom. The highest BCUT2D eigenvalue weighted by atomic mass is 19.4. The highest BCUT2D eigenvalue weighted by molar-refractivity contribution is 5.41. The van der Waals surface area contributed by atoms with E-state index in [4.69, 9.17) is 0 Å². The Balaban J connectivity index is 2.02. The van der Waals surface area contributed by atoms with Crippen molar-refractivity contribution >= 4 is 5.69 Å². The van der Waals surface area contributed by atoms with Crippen molar-refractivity contribution in [2.45, 2.75) is 12.7 Å². The molecule has 106 valence electrons. The van der Waals surface area contributed by atoms with Gasteiger partial charge < -0.3 is 5.43 Å².